The van der Waals surface area contributed by atoms with E-state index in [9.17, 15) is 4.57 Å². The molecule has 2 aromatic carbocycles. The highest BCUT2D eigenvalue weighted by atomic mass is 31.1. The first-order valence-electron chi connectivity index (χ1n) is 10.8. The molecule has 0 saturated carbocycles. The van der Waals surface area contributed by atoms with Crippen molar-refractivity contribution in [1.29, 1.82) is 0 Å². The fraction of sp³-hybridized carbons (Fsp3) is 0.429. The largest absolute Gasteiger partial charge is 0.270 e. The second-order valence-electron chi connectivity index (χ2n) is 9.71. The fourth-order valence-corrected chi connectivity index (χ4v) is 4.55. The lowest BCUT2D eigenvalue weighted by Crippen LogP contribution is -2.17. The third-order valence-corrected chi connectivity index (χ3v) is 7.21. The average Bonchev–Trinajstić information content (AvgIpc) is 2.67. The normalized spacial score (nSPS) is 14.3. The zero-order chi connectivity index (χ0) is 22.8. The van der Waals surface area contributed by atoms with Crippen molar-refractivity contribution in [2.75, 3.05) is 0 Å². The molecule has 0 aromatic heterocycles. The molecular formula is C28H37OP. The molecule has 2 aromatic rings. The molecule has 0 heterocycles. The Bertz CT molecular complexity index is 1020. The van der Waals surface area contributed by atoms with E-state index >= 15 is 0 Å². The summed E-state index contributed by atoms with van der Waals surface area (Å²) in [7, 11) is 0.0861. The lowest BCUT2D eigenvalue weighted by atomic mass is 9.77. The second kappa shape index (κ2) is 9.44. The monoisotopic (exact) mass is 420 g/mol. The van der Waals surface area contributed by atoms with E-state index in [0.29, 0.717) is 0 Å². The SMILES string of the molecule is Cc1ccc(C)c(C=C(P=O)C(C)C(=Cc2c(C)ccc(C)c2C)C(C)(C)C)c1C. The van der Waals surface area contributed by atoms with Crippen molar-refractivity contribution in [2.24, 2.45) is 11.3 Å². The number of rotatable bonds is 5. The van der Waals surface area contributed by atoms with Crippen molar-refractivity contribution in [1.82, 2.24) is 0 Å². The van der Waals surface area contributed by atoms with E-state index in [2.05, 4.69) is 106 Å². The van der Waals surface area contributed by atoms with Crippen molar-refractivity contribution in [3.8, 4) is 0 Å². The summed E-state index contributed by atoms with van der Waals surface area (Å²) in [5.74, 6) is 0.0720. The Morgan fingerprint density at radius 3 is 1.57 bits per heavy atom. The minimum atomic E-state index is -0.0392. The number of allylic oxidation sites excluding steroid dienone is 2. The molecule has 2 heteroatoms. The molecule has 1 unspecified atom stereocenters. The lowest BCUT2D eigenvalue weighted by molar-refractivity contribution is 0.464. The Morgan fingerprint density at radius 1 is 0.767 bits per heavy atom. The van der Waals surface area contributed by atoms with E-state index in [1.807, 2.05) is 0 Å². The summed E-state index contributed by atoms with van der Waals surface area (Å²) in [4.78, 5) is 0. The number of hydrogen-bond acceptors (Lipinski definition) is 1. The Hall–Kier alpha value is -1.98. The van der Waals surface area contributed by atoms with Crippen LogP contribution in [0, 0.1) is 52.9 Å². The van der Waals surface area contributed by atoms with E-state index < -0.39 is 0 Å². The van der Waals surface area contributed by atoms with Gasteiger partial charge in [0.15, 0.2) is 8.46 Å². The number of aryl methyl sites for hydroxylation is 4. The van der Waals surface area contributed by atoms with Crippen LogP contribution in [0.3, 0.4) is 0 Å². The van der Waals surface area contributed by atoms with Gasteiger partial charge in [0.25, 0.3) is 0 Å². The highest BCUT2D eigenvalue weighted by Gasteiger charge is 2.26. The zero-order valence-corrected chi connectivity index (χ0v) is 21.3. The van der Waals surface area contributed by atoms with E-state index in [-0.39, 0.29) is 19.8 Å². The Kier molecular flexibility index (Phi) is 7.64. The maximum atomic E-state index is 12.3. The standard InChI is InChI=1S/C28H37OP/c1-17-11-13-19(3)24(21(17)5)15-26(28(8,9)10)23(7)27(30-29)16-25-20(4)14-12-18(2)22(25)6/h11-16,23H,1-10H3. The molecule has 0 radical (unpaired) electrons. The molecule has 0 aliphatic carbocycles. The summed E-state index contributed by atoms with van der Waals surface area (Å²) in [6.45, 7) is 21.9. The third kappa shape index (κ3) is 5.19. The molecule has 0 N–H and O–H groups in total. The summed E-state index contributed by atoms with van der Waals surface area (Å²) >= 11 is 0. The van der Waals surface area contributed by atoms with Gasteiger partial charge in [-0.25, -0.2) is 0 Å². The quantitative estimate of drug-likeness (QED) is 0.441. The van der Waals surface area contributed by atoms with E-state index in [4.69, 9.17) is 0 Å². The van der Waals surface area contributed by atoms with Crippen LogP contribution in [0.1, 0.15) is 72.2 Å². The summed E-state index contributed by atoms with van der Waals surface area (Å²) in [6.07, 6.45) is 4.49. The van der Waals surface area contributed by atoms with Gasteiger partial charge in [-0.3, -0.25) is 4.57 Å². The first-order chi connectivity index (χ1) is 13.9. The minimum absolute atomic E-state index is 0.0392. The van der Waals surface area contributed by atoms with E-state index in [1.165, 1.54) is 50.1 Å². The third-order valence-electron chi connectivity index (χ3n) is 6.48. The summed E-state index contributed by atoms with van der Waals surface area (Å²) < 4.78 is 12.3. The van der Waals surface area contributed by atoms with Gasteiger partial charge in [0.05, 0.1) is 0 Å². The molecule has 0 fully saturated rings. The van der Waals surface area contributed by atoms with Crippen LogP contribution in [0.2, 0.25) is 0 Å². The maximum Gasteiger partial charge on any atom is 0.188 e. The molecule has 30 heavy (non-hydrogen) atoms. The summed E-state index contributed by atoms with van der Waals surface area (Å²) in [6, 6.07) is 8.69. The van der Waals surface area contributed by atoms with Gasteiger partial charge in [-0.2, -0.15) is 0 Å². The molecule has 0 saturated heterocycles. The molecule has 160 valence electrons. The van der Waals surface area contributed by atoms with Crippen molar-refractivity contribution in [3.05, 3.63) is 79.7 Å². The van der Waals surface area contributed by atoms with Gasteiger partial charge in [-0.15, -0.1) is 0 Å². The minimum Gasteiger partial charge on any atom is -0.270 e. The fourth-order valence-electron chi connectivity index (χ4n) is 4.07. The second-order valence-corrected chi connectivity index (χ2v) is 10.4. The van der Waals surface area contributed by atoms with Crippen LogP contribution in [-0.2, 0) is 4.57 Å². The zero-order valence-electron chi connectivity index (χ0n) is 20.4. The molecule has 0 aliphatic rings. The topological polar surface area (TPSA) is 17.1 Å². The highest BCUT2D eigenvalue weighted by molar-refractivity contribution is 7.29. The van der Waals surface area contributed by atoms with Crippen LogP contribution in [0.5, 0.6) is 0 Å². The van der Waals surface area contributed by atoms with Crippen molar-refractivity contribution < 1.29 is 4.57 Å². The molecular weight excluding hydrogens is 383 g/mol. The van der Waals surface area contributed by atoms with Gasteiger partial charge >= 0.3 is 0 Å². The van der Waals surface area contributed by atoms with E-state index in [1.54, 1.807) is 0 Å². The van der Waals surface area contributed by atoms with Crippen LogP contribution in [0.15, 0.2) is 35.2 Å². The van der Waals surface area contributed by atoms with Gasteiger partial charge in [-0.1, -0.05) is 63.6 Å². The summed E-state index contributed by atoms with van der Waals surface area (Å²) in [5, 5.41) is 0.927. The molecule has 0 aliphatic heterocycles. The van der Waals surface area contributed by atoms with Crippen LogP contribution in [0.4, 0.5) is 0 Å². The molecule has 2 rings (SSSR count). The average molecular weight is 421 g/mol. The molecule has 1 atom stereocenters. The number of benzene rings is 2. The predicted octanol–water partition coefficient (Wildman–Crippen LogP) is 8.94. The first kappa shape index (κ1) is 24.3. The Balaban J connectivity index is 2.68. The molecule has 1 nitrogen and oxygen atoms in total. The van der Waals surface area contributed by atoms with Gasteiger partial charge in [-0.05, 0) is 97.5 Å². The lowest BCUT2D eigenvalue weighted by Gasteiger charge is -2.29. The molecule has 0 amide bonds. The van der Waals surface area contributed by atoms with Crippen molar-refractivity contribution in [2.45, 2.75) is 69.2 Å². The van der Waals surface area contributed by atoms with Crippen LogP contribution in [0.25, 0.3) is 12.2 Å². The predicted molar refractivity (Wildman–Crippen MR) is 133 cm³/mol. The van der Waals surface area contributed by atoms with Gasteiger partial charge in [0, 0.05) is 11.2 Å². The Labute approximate surface area is 185 Å². The van der Waals surface area contributed by atoms with Crippen LogP contribution in [-0.4, -0.2) is 0 Å². The van der Waals surface area contributed by atoms with E-state index in [0.717, 1.165) is 5.31 Å². The summed E-state index contributed by atoms with van der Waals surface area (Å²) in [5.41, 5.74) is 11.4. The van der Waals surface area contributed by atoms with Gasteiger partial charge < -0.3 is 0 Å². The van der Waals surface area contributed by atoms with Crippen LogP contribution >= 0.6 is 8.46 Å². The maximum absolute atomic E-state index is 12.3. The van der Waals surface area contributed by atoms with Gasteiger partial charge in [0.2, 0.25) is 0 Å². The smallest absolute Gasteiger partial charge is 0.188 e. The Morgan fingerprint density at radius 2 is 1.17 bits per heavy atom. The van der Waals surface area contributed by atoms with Crippen molar-refractivity contribution >= 4 is 20.6 Å². The number of hydrogen-bond donors (Lipinski definition) is 0. The first-order valence-corrected chi connectivity index (χ1v) is 11.6. The van der Waals surface area contributed by atoms with Crippen LogP contribution < -0.4 is 0 Å². The highest BCUT2D eigenvalue weighted by Crippen LogP contribution is 2.41. The molecule has 0 spiro atoms. The van der Waals surface area contributed by atoms with Gasteiger partial charge in [0.1, 0.15) is 0 Å². The molecule has 0 bridgehead atoms. The van der Waals surface area contributed by atoms with Crippen molar-refractivity contribution in [3.63, 3.8) is 0 Å².